The van der Waals surface area contributed by atoms with Gasteiger partial charge in [-0.1, -0.05) is 41.1 Å². The van der Waals surface area contributed by atoms with E-state index in [9.17, 15) is 4.79 Å². The molecule has 0 bridgehead atoms. The number of thiophene rings is 1. The molecule has 170 valence electrons. The summed E-state index contributed by atoms with van der Waals surface area (Å²) >= 11 is 8.61. The van der Waals surface area contributed by atoms with Gasteiger partial charge in [0.25, 0.3) is 0 Å². The van der Waals surface area contributed by atoms with Gasteiger partial charge in [-0.05, 0) is 36.2 Å². The lowest BCUT2D eigenvalue weighted by Crippen LogP contribution is -2.49. The molecule has 0 aliphatic carbocycles. The van der Waals surface area contributed by atoms with Gasteiger partial charge in [0.2, 0.25) is 17.6 Å². The lowest BCUT2D eigenvalue weighted by molar-refractivity contribution is -0.133. The van der Waals surface area contributed by atoms with Crippen LogP contribution in [0.5, 0.6) is 0 Å². The normalized spacial score (nSPS) is 14.6. The van der Waals surface area contributed by atoms with E-state index in [-0.39, 0.29) is 12.5 Å². The van der Waals surface area contributed by atoms with Crippen molar-refractivity contribution >= 4 is 40.8 Å². The molecule has 0 radical (unpaired) electrons. The average molecular weight is 498 g/mol. The Balaban J connectivity index is 1.18. The molecule has 3 aromatic heterocycles. The number of aromatic nitrogens is 3. The van der Waals surface area contributed by atoms with Crippen LogP contribution < -0.4 is 0 Å². The van der Waals surface area contributed by atoms with Crippen molar-refractivity contribution < 1.29 is 9.32 Å². The number of carbonyl (C=O) groups is 1. The molecule has 5 rings (SSSR count). The molecular weight excluding hydrogens is 474 g/mol. The van der Waals surface area contributed by atoms with Gasteiger partial charge in [0.15, 0.2) is 3.95 Å². The Morgan fingerprint density at radius 2 is 1.91 bits per heavy atom. The molecule has 1 aliphatic rings. The molecule has 0 spiro atoms. The Morgan fingerprint density at radius 1 is 1.12 bits per heavy atom. The maximum atomic E-state index is 13.1. The van der Waals surface area contributed by atoms with Gasteiger partial charge in [0.1, 0.15) is 6.54 Å². The van der Waals surface area contributed by atoms with E-state index in [2.05, 4.69) is 46.2 Å². The van der Waals surface area contributed by atoms with E-state index in [4.69, 9.17) is 16.7 Å². The summed E-state index contributed by atoms with van der Waals surface area (Å²) < 4.78 is 8.09. The Labute approximate surface area is 204 Å². The van der Waals surface area contributed by atoms with Crippen LogP contribution in [-0.2, 0) is 17.9 Å². The number of thiazole rings is 1. The van der Waals surface area contributed by atoms with Gasteiger partial charge in [0.05, 0.1) is 17.1 Å². The Kier molecular flexibility index (Phi) is 6.50. The average Bonchev–Trinajstić information content (AvgIpc) is 3.58. The highest BCUT2D eigenvalue weighted by Gasteiger charge is 2.24. The van der Waals surface area contributed by atoms with Gasteiger partial charge >= 0.3 is 0 Å². The van der Waals surface area contributed by atoms with Gasteiger partial charge < -0.3 is 14.0 Å². The van der Waals surface area contributed by atoms with Crippen LogP contribution in [0.3, 0.4) is 0 Å². The van der Waals surface area contributed by atoms with Crippen LogP contribution in [-0.4, -0.2) is 56.6 Å². The van der Waals surface area contributed by atoms with Crippen molar-refractivity contribution in [3.05, 3.63) is 62.6 Å². The largest absolute Gasteiger partial charge is 0.339 e. The predicted molar refractivity (Wildman–Crippen MR) is 133 cm³/mol. The topological polar surface area (TPSA) is 67.4 Å². The summed E-state index contributed by atoms with van der Waals surface area (Å²) in [6.45, 7) is 5.79. The number of hydrogen-bond acceptors (Lipinski definition) is 8. The first-order valence-corrected chi connectivity index (χ1v) is 12.9. The first-order chi connectivity index (χ1) is 16.1. The van der Waals surface area contributed by atoms with Crippen LogP contribution in [0.4, 0.5) is 0 Å². The Hall–Kier alpha value is -2.66. The molecule has 4 heterocycles. The number of carbonyl (C=O) groups excluding carboxylic acids is 1. The maximum Gasteiger partial charge on any atom is 0.242 e. The first-order valence-electron chi connectivity index (χ1n) is 10.7. The fourth-order valence-corrected chi connectivity index (χ4v) is 5.56. The predicted octanol–water partition coefficient (Wildman–Crippen LogP) is 4.71. The third-order valence-corrected chi connectivity index (χ3v) is 7.85. The van der Waals surface area contributed by atoms with E-state index in [1.807, 2.05) is 32.4 Å². The summed E-state index contributed by atoms with van der Waals surface area (Å²) in [5.74, 6) is 1.33. The van der Waals surface area contributed by atoms with Gasteiger partial charge in [-0.15, -0.1) is 22.7 Å². The van der Waals surface area contributed by atoms with Crippen LogP contribution in [0.25, 0.3) is 22.0 Å². The van der Waals surface area contributed by atoms with E-state index in [1.54, 1.807) is 11.3 Å². The minimum atomic E-state index is 0.0929. The highest BCUT2D eigenvalue weighted by atomic mass is 32.1. The van der Waals surface area contributed by atoms with Crippen molar-refractivity contribution in [3.8, 4) is 22.0 Å². The maximum absolute atomic E-state index is 13.1. The molecule has 1 amide bonds. The van der Waals surface area contributed by atoms with E-state index in [0.717, 1.165) is 33.2 Å². The van der Waals surface area contributed by atoms with Crippen molar-refractivity contribution in [2.45, 2.75) is 20.0 Å². The zero-order chi connectivity index (χ0) is 22.8. The molecule has 1 saturated heterocycles. The number of benzene rings is 1. The van der Waals surface area contributed by atoms with Gasteiger partial charge in [-0.2, -0.15) is 4.98 Å². The van der Waals surface area contributed by atoms with Gasteiger partial charge in [-0.25, -0.2) is 0 Å². The van der Waals surface area contributed by atoms with Crippen molar-refractivity contribution in [1.82, 2.24) is 24.5 Å². The van der Waals surface area contributed by atoms with Crippen LogP contribution in [0.1, 0.15) is 11.5 Å². The van der Waals surface area contributed by atoms with Gasteiger partial charge in [-0.3, -0.25) is 9.69 Å². The summed E-state index contributed by atoms with van der Waals surface area (Å²) in [4.78, 5) is 22.7. The SMILES string of the molecule is Cc1ccc(-c2csc(=S)n2CC(=O)N2CCN(Cc3nc(-c4cccs4)no3)CC2)cc1. The van der Waals surface area contributed by atoms with E-state index in [1.165, 1.54) is 16.9 Å². The van der Waals surface area contributed by atoms with Crippen LogP contribution in [0.15, 0.2) is 51.7 Å². The van der Waals surface area contributed by atoms with Crippen molar-refractivity contribution in [1.29, 1.82) is 0 Å². The van der Waals surface area contributed by atoms with Crippen LogP contribution in [0, 0.1) is 10.9 Å². The third-order valence-electron chi connectivity index (χ3n) is 5.72. The van der Waals surface area contributed by atoms with Crippen molar-refractivity contribution in [2.24, 2.45) is 0 Å². The molecule has 0 saturated carbocycles. The highest BCUT2D eigenvalue weighted by Crippen LogP contribution is 2.25. The van der Waals surface area contributed by atoms with Crippen molar-refractivity contribution in [3.63, 3.8) is 0 Å². The summed E-state index contributed by atoms with van der Waals surface area (Å²) in [5.41, 5.74) is 3.28. The molecule has 4 aromatic rings. The lowest BCUT2D eigenvalue weighted by atomic mass is 10.1. The quantitative estimate of drug-likeness (QED) is 0.360. The molecule has 1 aromatic carbocycles. The van der Waals surface area contributed by atoms with E-state index in [0.29, 0.717) is 31.3 Å². The summed E-state index contributed by atoms with van der Waals surface area (Å²) in [5, 5.41) is 8.11. The standard InChI is InChI=1S/C23H23N5O2S3/c1-16-4-6-17(7-5-16)18-15-33-23(31)28(18)14-21(29)27-10-8-26(9-11-27)13-20-24-22(25-30-20)19-3-2-12-32-19/h2-7,12,15H,8-11,13-14H2,1H3. The second-order valence-corrected chi connectivity index (χ2v) is 10.4. The number of rotatable bonds is 6. The first kappa shape index (κ1) is 22.1. The fourth-order valence-electron chi connectivity index (χ4n) is 3.84. The number of hydrogen-bond donors (Lipinski definition) is 0. The molecule has 0 N–H and O–H groups in total. The second-order valence-electron chi connectivity index (χ2n) is 7.98. The smallest absolute Gasteiger partial charge is 0.242 e. The summed E-state index contributed by atoms with van der Waals surface area (Å²) in [7, 11) is 0. The molecule has 7 nitrogen and oxygen atoms in total. The zero-order valence-electron chi connectivity index (χ0n) is 18.1. The van der Waals surface area contributed by atoms with E-state index >= 15 is 0 Å². The Bertz CT molecular complexity index is 1280. The number of amides is 1. The monoisotopic (exact) mass is 497 g/mol. The fraction of sp³-hybridized carbons (Fsp3) is 0.304. The summed E-state index contributed by atoms with van der Waals surface area (Å²) in [6, 6.07) is 12.3. The molecule has 10 heteroatoms. The molecule has 0 unspecified atom stereocenters. The van der Waals surface area contributed by atoms with Crippen molar-refractivity contribution in [2.75, 3.05) is 26.2 Å². The van der Waals surface area contributed by atoms with Crippen LogP contribution >= 0.6 is 34.9 Å². The Morgan fingerprint density at radius 3 is 2.64 bits per heavy atom. The minimum Gasteiger partial charge on any atom is -0.339 e. The summed E-state index contributed by atoms with van der Waals surface area (Å²) in [6.07, 6.45) is 0. The molecule has 1 aliphatic heterocycles. The molecule has 1 fully saturated rings. The number of piperazine rings is 1. The second kappa shape index (κ2) is 9.68. The molecular formula is C23H23N5O2S3. The van der Waals surface area contributed by atoms with Gasteiger partial charge in [0, 0.05) is 31.6 Å². The number of aryl methyl sites for hydroxylation is 1. The molecule has 0 atom stereocenters. The van der Waals surface area contributed by atoms with Crippen LogP contribution in [0.2, 0.25) is 0 Å². The highest BCUT2D eigenvalue weighted by molar-refractivity contribution is 7.73. The number of nitrogens with zero attached hydrogens (tertiary/aromatic N) is 5. The minimum absolute atomic E-state index is 0.0929. The lowest BCUT2D eigenvalue weighted by Gasteiger charge is -2.34. The molecule has 33 heavy (non-hydrogen) atoms. The third kappa shape index (κ3) is 4.98. The zero-order valence-corrected chi connectivity index (χ0v) is 20.6. The van der Waals surface area contributed by atoms with E-state index < -0.39 is 0 Å².